The summed E-state index contributed by atoms with van der Waals surface area (Å²) in [5.74, 6) is -1.11. The first-order valence-corrected chi connectivity index (χ1v) is 12.0. The predicted molar refractivity (Wildman–Crippen MR) is 135 cm³/mol. The van der Waals surface area contributed by atoms with E-state index in [1.54, 1.807) is 24.3 Å². The minimum absolute atomic E-state index is 0.0821. The number of hydrogen-bond donors (Lipinski definition) is 0. The molecule has 0 spiro atoms. The maximum absolute atomic E-state index is 13.6. The molecule has 1 saturated carbocycles. The molecule has 4 atom stereocenters. The van der Waals surface area contributed by atoms with Crippen LogP contribution < -0.4 is 4.90 Å². The first-order chi connectivity index (χ1) is 16.4. The average molecular weight is 466 g/mol. The van der Waals surface area contributed by atoms with Crippen molar-refractivity contribution in [3.63, 3.8) is 0 Å². The van der Waals surface area contributed by atoms with Crippen LogP contribution in [-0.2, 0) is 9.59 Å². The second kappa shape index (κ2) is 7.82. The third kappa shape index (κ3) is 3.11. The number of rotatable bonds is 3. The second-order valence-electron chi connectivity index (χ2n) is 9.54. The minimum atomic E-state index is -0.362. The van der Waals surface area contributed by atoms with Gasteiger partial charge in [-0.25, -0.2) is 4.90 Å². The highest BCUT2D eigenvalue weighted by molar-refractivity contribution is 6.31. The lowest BCUT2D eigenvalue weighted by Crippen LogP contribution is -2.33. The van der Waals surface area contributed by atoms with E-state index < -0.39 is 0 Å². The van der Waals surface area contributed by atoms with Crippen molar-refractivity contribution >= 4 is 34.7 Å². The molecule has 3 aromatic rings. The number of imide groups is 1. The highest BCUT2D eigenvalue weighted by atomic mass is 35.5. The van der Waals surface area contributed by atoms with E-state index in [0.717, 1.165) is 16.7 Å². The maximum atomic E-state index is 13.6. The van der Waals surface area contributed by atoms with Crippen LogP contribution in [0.15, 0.2) is 90.5 Å². The van der Waals surface area contributed by atoms with Crippen molar-refractivity contribution in [2.45, 2.75) is 13.8 Å². The summed E-state index contributed by atoms with van der Waals surface area (Å²) in [6, 6.07) is 24.0. The van der Waals surface area contributed by atoms with E-state index in [0.29, 0.717) is 10.7 Å². The summed E-state index contributed by atoms with van der Waals surface area (Å²) in [4.78, 5) is 28.6. The summed E-state index contributed by atoms with van der Waals surface area (Å²) >= 11 is 6.03. The molecule has 2 bridgehead atoms. The molecule has 168 valence electrons. The predicted octanol–water partition coefficient (Wildman–Crippen LogP) is 6.38. The third-order valence-electron chi connectivity index (χ3n) is 7.47. The number of aryl methyl sites for hydroxylation is 2. The van der Waals surface area contributed by atoms with E-state index in [1.165, 1.54) is 21.6 Å². The molecule has 0 unspecified atom stereocenters. The molecule has 2 fully saturated rings. The molecule has 1 saturated heterocycles. The Morgan fingerprint density at radius 2 is 1.12 bits per heavy atom. The van der Waals surface area contributed by atoms with Crippen molar-refractivity contribution < 1.29 is 9.59 Å². The van der Waals surface area contributed by atoms with Crippen molar-refractivity contribution in [3.05, 3.63) is 118 Å². The second-order valence-corrected chi connectivity index (χ2v) is 9.98. The van der Waals surface area contributed by atoms with E-state index in [9.17, 15) is 9.59 Å². The fourth-order valence-corrected chi connectivity index (χ4v) is 6.01. The van der Waals surface area contributed by atoms with Crippen molar-refractivity contribution in [3.8, 4) is 0 Å². The van der Waals surface area contributed by atoms with Crippen LogP contribution in [0.25, 0.3) is 5.57 Å². The number of fused-ring (bicyclic) bond motifs is 5. The minimum Gasteiger partial charge on any atom is -0.274 e. The summed E-state index contributed by atoms with van der Waals surface area (Å²) < 4.78 is 0. The van der Waals surface area contributed by atoms with Crippen LogP contribution in [0, 0.1) is 37.5 Å². The Hall–Kier alpha value is -3.43. The van der Waals surface area contributed by atoms with Gasteiger partial charge in [-0.05, 0) is 60.4 Å². The molecule has 3 aromatic carbocycles. The molecule has 0 N–H and O–H groups in total. The Morgan fingerprint density at radius 3 is 1.56 bits per heavy atom. The van der Waals surface area contributed by atoms with Gasteiger partial charge in [0.2, 0.25) is 11.8 Å². The Morgan fingerprint density at radius 1 is 0.676 bits per heavy atom. The molecule has 0 aromatic heterocycles. The van der Waals surface area contributed by atoms with E-state index in [4.69, 9.17) is 11.6 Å². The van der Waals surface area contributed by atoms with E-state index in [2.05, 4.69) is 74.5 Å². The molecule has 3 nitrogen and oxygen atoms in total. The molecule has 34 heavy (non-hydrogen) atoms. The van der Waals surface area contributed by atoms with Crippen LogP contribution in [0.4, 0.5) is 5.69 Å². The van der Waals surface area contributed by atoms with Gasteiger partial charge < -0.3 is 0 Å². The highest BCUT2D eigenvalue weighted by Crippen LogP contribution is 2.58. The van der Waals surface area contributed by atoms with Gasteiger partial charge in [0, 0.05) is 16.9 Å². The number of amides is 2. The fraction of sp³-hybridized carbons (Fsp3) is 0.200. The van der Waals surface area contributed by atoms with Crippen molar-refractivity contribution in [2.24, 2.45) is 23.7 Å². The number of anilines is 1. The number of benzene rings is 3. The summed E-state index contributed by atoms with van der Waals surface area (Å²) in [5, 5.41) is 0.579. The summed E-state index contributed by atoms with van der Waals surface area (Å²) in [6.07, 6.45) is 4.28. The number of carbonyl (C=O) groups is 2. The first-order valence-electron chi connectivity index (χ1n) is 11.6. The zero-order valence-corrected chi connectivity index (χ0v) is 19.8. The standard InChI is InChI=1S/C30H24ClNO2/c1-17-3-7-19(8-4-17)25(20-9-5-18(2)6-10-20)26-23-15-16-24(26)28-27(23)29(33)32(30(28)34)22-13-11-21(31)12-14-22/h3-16,23-24,27-28H,1-2H3/t23-,24-,27+,28+/m0/s1. The number of hydrogen-bond acceptors (Lipinski definition) is 2. The van der Waals surface area contributed by atoms with Crippen LogP contribution in [0.3, 0.4) is 0 Å². The van der Waals surface area contributed by atoms with Gasteiger partial charge in [-0.1, -0.05) is 83.4 Å². The number of carbonyl (C=O) groups excluding carboxylic acids is 2. The van der Waals surface area contributed by atoms with Gasteiger partial charge in [0.15, 0.2) is 0 Å². The SMILES string of the molecule is Cc1ccc(C(=C2[C@@H]3C=C[C@@H]2[C@H]2C(=O)N(c4ccc(Cl)cc4)C(=O)[C@@H]23)c2ccc(C)cc2)cc1. The van der Waals surface area contributed by atoms with Crippen LogP contribution >= 0.6 is 11.6 Å². The van der Waals surface area contributed by atoms with Gasteiger partial charge in [-0.15, -0.1) is 0 Å². The molecular formula is C30H24ClNO2. The van der Waals surface area contributed by atoms with E-state index in [-0.39, 0.29) is 35.5 Å². The third-order valence-corrected chi connectivity index (χ3v) is 7.72. The molecule has 1 aliphatic heterocycles. The van der Waals surface area contributed by atoms with E-state index >= 15 is 0 Å². The summed E-state index contributed by atoms with van der Waals surface area (Å²) in [7, 11) is 0. The first kappa shape index (κ1) is 21.1. The lowest BCUT2D eigenvalue weighted by atomic mass is 9.85. The monoisotopic (exact) mass is 465 g/mol. The van der Waals surface area contributed by atoms with Crippen molar-refractivity contribution in [1.29, 1.82) is 0 Å². The quantitative estimate of drug-likeness (QED) is 0.332. The van der Waals surface area contributed by atoms with Crippen LogP contribution in [0.5, 0.6) is 0 Å². The molecule has 2 aliphatic carbocycles. The zero-order chi connectivity index (χ0) is 23.6. The topological polar surface area (TPSA) is 37.4 Å². The molecule has 2 amide bonds. The van der Waals surface area contributed by atoms with Gasteiger partial charge >= 0.3 is 0 Å². The molecule has 1 heterocycles. The van der Waals surface area contributed by atoms with Crippen molar-refractivity contribution in [2.75, 3.05) is 4.90 Å². The number of halogens is 1. The Balaban J connectivity index is 1.48. The van der Waals surface area contributed by atoms with Crippen molar-refractivity contribution in [1.82, 2.24) is 0 Å². The Kier molecular flexibility index (Phi) is 4.86. The molecule has 4 heteroatoms. The normalized spacial score (nSPS) is 24.8. The lowest BCUT2D eigenvalue weighted by Gasteiger charge is -2.22. The van der Waals surface area contributed by atoms with E-state index in [1.807, 2.05) is 0 Å². The smallest absolute Gasteiger partial charge is 0.238 e. The fourth-order valence-electron chi connectivity index (χ4n) is 5.88. The Bertz CT molecular complexity index is 1290. The van der Waals surface area contributed by atoms with Crippen LogP contribution in [-0.4, -0.2) is 11.8 Å². The van der Waals surface area contributed by atoms with Gasteiger partial charge in [-0.3, -0.25) is 9.59 Å². The highest BCUT2D eigenvalue weighted by Gasteiger charge is 2.62. The number of allylic oxidation sites excluding steroid dienone is 3. The lowest BCUT2D eigenvalue weighted by molar-refractivity contribution is -0.122. The summed E-state index contributed by atoms with van der Waals surface area (Å²) in [5.41, 5.74) is 7.58. The largest absolute Gasteiger partial charge is 0.274 e. The summed E-state index contributed by atoms with van der Waals surface area (Å²) in [6.45, 7) is 4.16. The van der Waals surface area contributed by atoms with Crippen LogP contribution in [0.1, 0.15) is 22.3 Å². The zero-order valence-electron chi connectivity index (χ0n) is 19.0. The molecule has 6 rings (SSSR count). The maximum Gasteiger partial charge on any atom is 0.238 e. The average Bonchev–Trinajstić information content (AvgIpc) is 3.47. The molecule has 0 radical (unpaired) electrons. The molecule has 3 aliphatic rings. The molecular weight excluding hydrogens is 442 g/mol. The van der Waals surface area contributed by atoms with Gasteiger partial charge in [-0.2, -0.15) is 0 Å². The van der Waals surface area contributed by atoms with Crippen LogP contribution in [0.2, 0.25) is 5.02 Å². The van der Waals surface area contributed by atoms with Gasteiger partial charge in [0.05, 0.1) is 17.5 Å². The number of nitrogens with zero attached hydrogens (tertiary/aromatic N) is 1. The van der Waals surface area contributed by atoms with Gasteiger partial charge in [0.25, 0.3) is 0 Å². The van der Waals surface area contributed by atoms with Gasteiger partial charge in [0.1, 0.15) is 0 Å². The Labute approximate surface area is 204 Å².